The summed E-state index contributed by atoms with van der Waals surface area (Å²) in [5.74, 6) is 2.25. The van der Waals surface area contributed by atoms with E-state index in [2.05, 4.69) is 15.5 Å². The fourth-order valence-electron chi connectivity index (χ4n) is 2.26. The Hall–Kier alpha value is -2.77. The van der Waals surface area contributed by atoms with Crippen LogP contribution in [0.5, 0.6) is 17.2 Å². The highest BCUT2D eigenvalue weighted by molar-refractivity contribution is 5.76. The molecule has 0 aliphatic carbocycles. The Balaban J connectivity index is 2.15. The third-order valence-corrected chi connectivity index (χ3v) is 3.53. The van der Waals surface area contributed by atoms with Crippen LogP contribution in [0.15, 0.2) is 16.7 Å². The van der Waals surface area contributed by atoms with Gasteiger partial charge >= 0.3 is 0 Å². The van der Waals surface area contributed by atoms with Crippen LogP contribution in [-0.4, -0.2) is 43.9 Å². The molecule has 2 aromatic rings. The number of nitrogens with one attached hydrogen (secondary N) is 1. The van der Waals surface area contributed by atoms with Crippen LogP contribution in [0.1, 0.15) is 25.7 Å². The van der Waals surface area contributed by atoms with E-state index in [1.165, 1.54) is 21.3 Å². The summed E-state index contributed by atoms with van der Waals surface area (Å²) in [6, 6.07) is 3.48. The third kappa shape index (κ3) is 4.62. The number of carbonyl (C=O) groups excluding carboxylic acids is 1. The molecule has 2 rings (SSSR count). The summed E-state index contributed by atoms with van der Waals surface area (Å²) in [5.41, 5.74) is 0.667. The van der Waals surface area contributed by atoms with Crippen molar-refractivity contribution in [3.63, 3.8) is 0 Å². The highest BCUT2D eigenvalue weighted by Gasteiger charge is 2.17. The average Bonchev–Trinajstić information content (AvgIpc) is 3.12. The molecule has 1 aromatic carbocycles. The highest BCUT2D eigenvalue weighted by atomic mass is 16.5. The Morgan fingerprint density at radius 2 is 1.84 bits per heavy atom. The van der Waals surface area contributed by atoms with Gasteiger partial charge in [0, 0.05) is 24.9 Å². The maximum Gasteiger partial charge on any atom is 0.227 e. The van der Waals surface area contributed by atoms with Gasteiger partial charge in [0.1, 0.15) is 0 Å². The van der Waals surface area contributed by atoms with Gasteiger partial charge in [-0.25, -0.2) is 0 Å². The van der Waals surface area contributed by atoms with Crippen molar-refractivity contribution in [3.05, 3.63) is 18.0 Å². The van der Waals surface area contributed by atoms with Crippen LogP contribution in [0.3, 0.4) is 0 Å². The van der Waals surface area contributed by atoms with E-state index in [4.69, 9.17) is 18.7 Å². The molecular formula is C17H23N3O5. The van der Waals surface area contributed by atoms with E-state index < -0.39 is 0 Å². The molecule has 0 spiro atoms. The first-order chi connectivity index (χ1) is 12.1. The van der Waals surface area contributed by atoms with Gasteiger partial charge in [0.25, 0.3) is 0 Å². The lowest BCUT2D eigenvalue weighted by atomic mass is 10.1. The van der Waals surface area contributed by atoms with Crippen LogP contribution >= 0.6 is 0 Å². The van der Waals surface area contributed by atoms with Crippen LogP contribution in [0.4, 0.5) is 0 Å². The Labute approximate surface area is 146 Å². The second kappa shape index (κ2) is 8.91. The quantitative estimate of drug-likeness (QED) is 0.741. The summed E-state index contributed by atoms with van der Waals surface area (Å²) >= 11 is 0. The van der Waals surface area contributed by atoms with E-state index in [1.54, 1.807) is 12.1 Å². The molecule has 1 amide bonds. The number of nitrogens with zero attached hydrogens (tertiary/aromatic N) is 2. The maximum atomic E-state index is 11.6. The number of hydrogen-bond acceptors (Lipinski definition) is 7. The van der Waals surface area contributed by atoms with Crippen molar-refractivity contribution in [2.24, 2.45) is 0 Å². The van der Waals surface area contributed by atoms with Gasteiger partial charge in [-0.05, 0) is 18.6 Å². The third-order valence-electron chi connectivity index (χ3n) is 3.53. The predicted octanol–water partition coefficient (Wildman–Crippen LogP) is 2.22. The van der Waals surface area contributed by atoms with Crippen LogP contribution in [-0.2, 0) is 11.2 Å². The summed E-state index contributed by atoms with van der Waals surface area (Å²) in [6.07, 6.45) is 1.58. The topological polar surface area (TPSA) is 95.7 Å². The molecule has 25 heavy (non-hydrogen) atoms. The molecule has 136 valence electrons. The molecule has 0 bridgehead atoms. The summed E-state index contributed by atoms with van der Waals surface area (Å²) in [7, 11) is 4.62. The predicted molar refractivity (Wildman–Crippen MR) is 91.0 cm³/mol. The normalized spacial score (nSPS) is 10.4. The van der Waals surface area contributed by atoms with Gasteiger partial charge in [0.15, 0.2) is 11.5 Å². The second-order valence-electron chi connectivity index (χ2n) is 5.28. The van der Waals surface area contributed by atoms with Crippen molar-refractivity contribution in [1.29, 1.82) is 0 Å². The van der Waals surface area contributed by atoms with Crippen molar-refractivity contribution < 1.29 is 23.5 Å². The zero-order valence-corrected chi connectivity index (χ0v) is 14.9. The minimum Gasteiger partial charge on any atom is -0.493 e. The zero-order chi connectivity index (χ0) is 18.2. The van der Waals surface area contributed by atoms with Crippen molar-refractivity contribution >= 4 is 5.91 Å². The molecule has 0 aliphatic rings. The number of aryl methyl sites for hydroxylation is 1. The molecule has 0 saturated carbocycles. The summed E-state index contributed by atoms with van der Waals surface area (Å²) in [4.78, 5) is 16.0. The molecule has 0 saturated heterocycles. The molecule has 8 heteroatoms. The van der Waals surface area contributed by atoms with Crippen LogP contribution < -0.4 is 19.5 Å². The summed E-state index contributed by atoms with van der Waals surface area (Å²) in [6.45, 7) is 2.67. The second-order valence-corrected chi connectivity index (χ2v) is 5.28. The number of rotatable bonds is 9. The van der Waals surface area contributed by atoms with Crippen LogP contribution in [0.2, 0.25) is 0 Å². The Morgan fingerprint density at radius 1 is 1.16 bits per heavy atom. The molecule has 1 N–H and O–H groups in total. The number of amides is 1. The molecule has 8 nitrogen and oxygen atoms in total. The first-order valence-corrected chi connectivity index (χ1v) is 8.02. The minimum absolute atomic E-state index is 0.0330. The van der Waals surface area contributed by atoms with Gasteiger partial charge in [-0.1, -0.05) is 12.1 Å². The minimum atomic E-state index is -0.0330. The lowest BCUT2D eigenvalue weighted by molar-refractivity contribution is -0.121. The molecule has 1 aromatic heterocycles. The number of aromatic nitrogens is 2. The lowest BCUT2D eigenvalue weighted by Gasteiger charge is -2.12. The van der Waals surface area contributed by atoms with Crippen molar-refractivity contribution in [2.45, 2.75) is 26.2 Å². The van der Waals surface area contributed by atoms with Crippen LogP contribution in [0.25, 0.3) is 11.4 Å². The number of methoxy groups -OCH3 is 3. The van der Waals surface area contributed by atoms with E-state index in [0.717, 1.165) is 6.42 Å². The maximum absolute atomic E-state index is 11.6. The Kier molecular flexibility index (Phi) is 6.62. The number of ether oxygens (including phenoxy) is 3. The largest absolute Gasteiger partial charge is 0.493 e. The van der Waals surface area contributed by atoms with E-state index in [-0.39, 0.29) is 5.91 Å². The van der Waals surface area contributed by atoms with Crippen LogP contribution in [0, 0.1) is 0 Å². The Bertz CT molecular complexity index is 689. The molecule has 0 radical (unpaired) electrons. The van der Waals surface area contributed by atoms with Gasteiger partial charge in [-0.15, -0.1) is 0 Å². The van der Waals surface area contributed by atoms with Gasteiger partial charge in [0.2, 0.25) is 23.4 Å². The standard InChI is InChI=1S/C17H23N3O5/c1-5-8-18-14(21)6-7-15-19-17(20-25-15)11-9-12(22-2)16(24-4)13(10-11)23-3/h9-10H,5-8H2,1-4H3,(H,18,21). The zero-order valence-electron chi connectivity index (χ0n) is 14.9. The van der Waals surface area contributed by atoms with Gasteiger partial charge in [-0.2, -0.15) is 4.98 Å². The van der Waals surface area contributed by atoms with Crippen molar-refractivity contribution in [1.82, 2.24) is 15.5 Å². The van der Waals surface area contributed by atoms with E-state index in [1.807, 2.05) is 6.92 Å². The SMILES string of the molecule is CCCNC(=O)CCc1nc(-c2cc(OC)c(OC)c(OC)c2)no1. The Morgan fingerprint density at radius 3 is 2.40 bits per heavy atom. The van der Waals surface area contributed by atoms with E-state index in [9.17, 15) is 4.79 Å². The molecule has 0 aliphatic heterocycles. The lowest BCUT2D eigenvalue weighted by Crippen LogP contribution is -2.24. The molecule has 0 atom stereocenters. The fraction of sp³-hybridized carbons (Fsp3) is 0.471. The van der Waals surface area contributed by atoms with Gasteiger partial charge in [0.05, 0.1) is 21.3 Å². The molecule has 1 heterocycles. The number of hydrogen-bond donors (Lipinski definition) is 1. The summed E-state index contributed by atoms with van der Waals surface area (Å²) in [5, 5.41) is 6.77. The molecule has 0 fully saturated rings. The molecule has 0 unspecified atom stereocenters. The van der Waals surface area contributed by atoms with Gasteiger partial charge < -0.3 is 24.1 Å². The highest BCUT2D eigenvalue weighted by Crippen LogP contribution is 2.40. The number of benzene rings is 1. The average molecular weight is 349 g/mol. The molecular weight excluding hydrogens is 326 g/mol. The first kappa shape index (κ1) is 18.6. The van der Waals surface area contributed by atoms with E-state index in [0.29, 0.717) is 53.9 Å². The van der Waals surface area contributed by atoms with E-state index >= 15 is 0 Å². The first-order valence-electron chi connectivity index (χ1n) is 8.02. The van der Waals surface area contributed by atoms with Crippen molar-refractivity contribution in [2.75, 3.05) is 27.9 Å². The monoisotopic (exact) mass is 349 g/mol. The van der Waals surface area contributed by atoms with Crippen molar-refractivity contribution in [3.8, 4) is 28.6 Å². The summed E-state index contributed by atoms with van der Waals surface area (Å²) < 4.78 is 21.2. The number of carbonyl (C=O) groups is 1. The smallest absolute Gasteiger partial charge is 0.227 e. The van der Waals surface area contributed by atoms with Gasteiger partial charge in [-0.3, -0.25) is 4.79 Å². The fourth-order valence-corrected chi connectivity index (χ4v) is 2.26.